The first-order valence-corrected chi connectivity index (χ1v) is 8.56. The monoisotopic (exact) mass is 344 g/mol. The minimum absolute atomic E-state index is 0.0599. The van der Waals surface area contributed by atoms with E-state index in [0.717, 1.165) is 23.0 Å². The Morgan fingerprint density at radius 2 is 1.60 bits per heavy atom. The lowest BCUT2D eigenvalue weighted by Crippen LogP contribution is -2.37. The van der Waals surface area contributed by atoms with Gasteiger partial charge in [-0.15, -0.1) is 0 Å². The maximum atomic E-state index is 12.6. The van der Waals surface area contributed by atoms with Gasteiger partial charge < -0.3 is 9.80 Å². The van der Waals surface area contributed by atoms with Crippen molar-refractivity contribution in [3.8, 4) is 0 Å². The zero-order chi connectivity index (χ0) is 18.1. The molecular weight excluding hydrogens is 320 g/mol. The molecule has 3 rings (SSSR count). The van der Waals surface area contributed by atoms with Gasteiger partial charge in [-0.2, -0.15) is 0 Å². The molecule has 0 unspecified atom stereocenters. The number of benzene rings is 1. The molecule has 1 aliphatic rings. The smallest absolute Gasteiger partial charge is 0.328 e. The standard InChI is InChI=1S/C18H24N4O3/c1-13(23)21-7-4-8-22(10-9-21)17(24)12-14-5-6-15-16(11-14)20(3)18(25)19(15)2/h5-6,11H,4,7-10,12H2,1-3H3. The summed E-state index contributed by atoms with van der Waals surface area (Å²) in [7, 11) is 3.48. The normalized spacial score (nSPS) is 15.5. The fourth-order valence-electron chi connectivity index (χ4n) is 3.43. The lowest BCUT2D eigenvalue weighted by atomic mass is 10.1. The second-order valence-electron chi connectivity index (χ2n) is 6.64. The van der Waals surface area contributed by atoms with Crippen LogP contribution < -0.4 is 5.69 Å². The Morgan fingerprint density at radius 1 is 0.960 bits per heavy atom. The zero-order valence-corrected chi connectivity index (χ0v) is 15.0. The predicted octanol–water partition coefficient (Wildman–Crippen LogP) is 0.500. The third-order valence-electron chi connectivity index (χ3n) is 4.99. The van der Waals surface area contributed by atoms with E-state index >= 15 is 0 Å². The lowest BCUT2D eigenvalue weighted by molar-refractivity contribution is -0.132. The molecule has 0 N–H and O–H groups in total. The maximum absolute atomic E-state index is 12.6. The molecule has 25 heavy (non-hydrogen) atoms. The molecule has 7 nitrogen and oxygen atoms in total. The van der Waals surface area contributed by atoms with Crippen LogP contribution in [-0.2, 0) is 30.1 Å². The van der Waals surface area contributed by atoms with Crippen LogP contribution in [0.25, 0.3) is 11.0 Å². The minimum Gasteiger partial charge on any atom is -0.341 e. The van der Waals surface area contributed by atoms with Crippen LogP contribution in [0.5, 0.6) is 0 Å². The number of aryl methyl sites for hydroxylation is 2. The van der Waals surface area contributed by atoms with Crippen LogP contribution in [0.15, 0.2) is 23.0 Å². The summed E-state index contributed by atoms with van der Waals surface area (Å²) in [4.78, 5) is 39.8. The van der Waals surface area contributed by atoms with Gasteiger partial charge in [-0.25, -0.2) is 4.79 Å². The van der Waals surface area contributed by atoms with Crippen molar-refractivity contribution in [2.75, 3.05) is 26.2 Å². The van der Waals surface area contributed by atoms with E-state index in [2.05, 4.69) is 0 Å². The molecule has 134 valence electrons. The summed E-state index contributed by atoms with van der Waals surface area (Å²) in [6, 6.07) is 5.70. The first-order valence-electron chi connectivity index (χ1n) is 8.56. The van der Waals surface area contributed by atoms with Crippen LogP contribution in [0.4, 0.5) is 0 Å². The average molecular weight is 344 g/mol. The Kier molecular flexibility index (Phi) is 4.65. The second-order valence-corrected chi connectivity index (χ2v) is 6.64. The van der Waals surface area contributed by atoms with Crippen LogP contribution >= 0.6 is 0 Å². The molecule has 1 aliphatic heterocycles. The molecule has 0 atom stereocenters. The highest BCUT2D eigenvalue weighted by molar-refractivity contribution is 5.82. The number of hydrogen-bond donors (Lipinski definition) is 0. The highest BCUT2D eigenvalue weighted by Gasteiger charge is 2.20. The fourth-order valence-corrected chi connectivity index (χ4v) is 3.43. The molecule has 0 aliphatic carbocycles. The number of aromatic nitrogens is 2. The van der Waals surface area contributed by atoms with Gasteiger partial charge >= 0.3 is 5.69 Å². The van der Waals surface area contributed by atoms with Crippen molar-refractivity contribution in [1.82, 2.24) is 18.9 Å². The van der Waals surface area contributed by atoms with Crippen molar-refractivity contribution < 1.29 is 9.59 Å². The van der Waals surface area contributed by atoms with Gasteiger partial charge in [0.25, 0.3) is 0 Å². The molecule has 0 bridgehead atoms. The van der Waals surface area contributed by atoms with E-state index in [1.807, 2.05) is 23.1 Å². The van der Waals surface area contributed by atoms with E-state index in [9.17, 15) is 14.4 Å². The molecule has 0 saturated carbocycles. The molecule has 1 fully saturated rings. The van der Waals surface area contributed by atoms with E-state index in [1.54, 1.807) is 35.1 Å². The van der Waals surface area contributed by atoms with E-state index in [4.69, 9.17) is 0 Å². The fraction of sp³-hybridized carbons (Fsp3) is 0.500. The molecule has 1 aromatic carbocycles. The number of carbonyl (C=O) groups is 2. The zero-order valence-electron chi connectivity index (χ0n) is 15.0. The van der Waals surface area contributed by atoms with Crippen LogP contribution in [0.2, 0.25) is 0 Å². The second kappa shape index (κ2) is 6.74. The number of fused-ring (bicyclic) bond motifs is 1. The predicted molar refractivity (Wildman–Crippen MR) is 95.3 cm³/mol. The highest BCUT2D eigenvalue weighted by atomic mass is 16.2. The van der Waals surface area contributed by atoms with Crippen molar-refractivity contribution in [3.05, 3.63) is 34.2 Å². The Balaban J connectivity index is 1.75. The van der Waals surface area contributed by atoms with E-state index < -0.39 is 0 Å². The van der Waals surface area contributed by atoms with E-state index in [1.165, 1.54) is 0 Å². The third kappa shape index (κ3) is 3.31. The van der Waals surface area contributed by atoms with E-state index in [0.29, 0.717) is 32.6 Å². The Hall–Kier alpha value is -2.57. The van der Waals surface area contributed by atoms with Gasteiger partial charge in [0.05, 0.1) is 17.5 Å². The highest BCUT2D eigenvalue weighted by Crippen LogP contribution is 2.15. The number of carbonyl (C=O) groups excluding carboxylic acids is 2. The van der Waals surface area contributed by atoms with E-state index in [-0.39, 0.29) is 17.5 Å². The van der Waals surface area contributed by atoms with Crippen molar-refractivity contribution in [2.45, 2.75) is 19.8 Å². The van der Waals surface area contributed by atoms with Crippen molar-refractivity contribution >= 4 is 22.8 Å². The number of rotatable bonds is 2. The number of hydrogen-bond acceptors (Lipinski definition) is 3. The molecule has 0 spiro atoms. The molecule has 7 heteroatoms. The summed E-state index contributed by atoms with van der Waals surface area (Å²) in [5.41, 5.74) is 2.51. The van der Waals surface area contributed by atoms with Gasteiger partial charge in [-0.1, -0.05) is 6.07 Å². The van der Waals surface area contributed by atoms with Gasteiger partial charge in [0, 0.05) is 47.2 Å². The third-order valence-corrected chi connectivity index (χ3v) is 4.99. The SMILES string of the molecule is CC(=O)N1CCCN(C(=O)Cc2ccc3c(c2)n(C)c(=O)n3C)CC1. The van der Waals surface area contributed by atoms with Crippen LogP contribution in [0.3, 0.4) is 0 Å². The van der Waals surface area contributed by atoms with Gasteiger partial charge in [0.15, 0.2) is 0 Å². The van der Waals surface area contributed by atoms with Crippen molar-refractivity contribution in [3.63, 3.8) is 0 Å². The number of nitrogens with zero attached hydrogens (tertiary/aromatic N) is 4. The number of amides is 2. The summed E-state index contributed by atoms with van der Waals surface area (Å²) in [5, 5.41) is 0. The van der Waals surface area contributed by atoms with Crippen molar-refractivity contribution in [2.24, 2.45) is 14.1 Å². The van der Waals surface area contributed by atoms with Crippen LogP contribution in [-0.4, -0.2) is 56.9 Å². The summed E-state index contributed by atoms with van der Waals surface area (Å²) in [5.74, 6) is 0.121. The number of imidazole rings is 1. The molecule has 2 heterocycles. The first-order chi connectivity index (χ1) is 11.9. The first kappa shape index (κ1) is 17.3. The molecule has 2 aromatic rings. The largest absolute Gasteiger partial charge is 0.341 e. The summed E-state index contributed by atoms with van der Waals surface area (Å²) < 4.78 is 3.20. The quantitative estimate of drug-likeness (QED) is 0.797. The Labute approximate surface area is 146 Å². The molecule has 1 saturated heterocycles. The average Bonchev–Trinajstić information content (AvgIpc) is 2.79. The van der Waals surface area contributed by atoms with Gasteiger partial charge in [-0.3, -0.25) is 18.7 Å². The minimum atomic E-state index is -0.0738. The molecular formula is C18H24N4O3. The Morgan fingerprint density at radius 3 is 2.32 bits per heavy atom. The van der Waals surface area contributed by atoms with Gasteiger partial charge in [0.2, 0.25) is 11.8 Å². The maximum Gasteiger partial charge on any atom is 0.328 e. The topological polar surface area (TPSA) is 67.6 Å². The van der Waals surface area contributed by atoms with Crippen molar-refractivity contribution in [1.29, 1.82) is 0 Å². The van der Waals surface area contributed by atoms with Crippen LogP contribution in [0, 0.1) is 0 Å². The lowest BCUT2D eigenvalue weighted by Gasteiger charge is -2.21. The Bertz CT molecular complexity index is 880. The van der Waals surface area contributed by atoms with Gasteiger partial charge in [-0.05, 0) is 24.1 Å². The van der Waals surface area contributed by atoms with Crippen LogP contribution in [0.1, 0.15) is 18.9 Å². The summed E-state index contributed by atoms with van der Waals surface area (Å²) in [6.45, 7) is 4.11. The summed E-state index contributed by atoms with van der Waals surface area (Å²) >= 11 is 0. The summed E-state index contributed by atoms with van der Waals surface area (Å²) in [6.07, 6.45) is 1.11. The molecule has 0 radical (unpaired) electrons. The molecule has 1 aromatic heterocycles. The molecule has 2 amide bonds. The van der Waals surface area contributed by atoms with Gasteiger partial charge in [0.1, 0.15) is 0 Å².